The van der Waals surface area contributed by atoms with Gasteiger partial charge in [-0.15, -0.1) is 0 Å². The molecule has 1 aromatic heterocycles. The van der Waals surface area contributed by atoms with Crippen molar-refractivity contribution in [2.75, 3.05) is 7.05 Å². The molecule has 0 saturated carbocycles. The van der Waals surface area contributed by atoms with E-state index in [1.807, 2.05) is 18.3 Å². The topological polar surface area (TPSA) is 81.2 Å². The number of nitrogens with two attached hydrogens (primary N) is 1. The Kier molecular flexibility index (Phi) is 5.18. The third kappa shape index (κ3) is 4.00. The molecule has 2 aromatic carbocycles. The molecule has 0 aliphatic rings. The molecule has 0 spiro atoms. The standard InChI is InChI=1S/C19H17BrN4O2/c1-23(11-13-2-4-14(5-3-13)18(21)25)19(26)15-6-8-17(9-7-15)24-12-16(20)10-22-24/h2-10,12H,11H2,1H3,(H2,21,25). The molecular formula is C19H17BrN4O2. The number of hydrogen-bond donors (Lipinski definition) is 1. The fourth-order valence-corrected chi connectivity index (χ4v) is 2.82. The average molecular weight is 413 g/mol. The van der Waals surface area contributed by atoms with Gasteiger partial charge in [0.2, 0.25) is 5.91 Å². The maximum Gasteiger partial charge on any atom is 0.253 e. The third-order valence-corrected chi connectivity index (χ3v) is 4.34. The second kappa shape index (κ2) is 7.53. The molecule has 1 heterocycles. The van der Waals surface area contributed by atoms with Gasteiger partial charge in [-0.2, -0.15) is 5.10 Å². The minimum Gasteiger partial charge on any atom is -0.366 e. The first-order chi connectivity index (χ1) is 12.4. The number of carbonyl (C=O) groups excluding carboxylic acids is 2. The van der Waals surface area contributed by atoms with E-state index < -0.39 is 5.91 Å². The van der Waals surface area contributed by atoms with Crippen LogP contribution in [0.4, 0.5) is 0 Å². The highest BCUT2D eigenvalue weighted by Gasteiger charge is 2.13. The van der Waals surface area contributed by atoms with Crippen molar-refractivity contribution in [2.45, 2.75) is 6.54 Å². The molecule has 2 N–H and O–H groups in total. The first-order valence-corrected chi connectivity index (χ1v) is 8.68. The average Bonchev–Trinajstić information content (AvgIpc) is 3.08. The van der Waals surface area contributed by atoms with Crippen molar-refractivity contribution < 1.29 is 9.59 Å². The van der Waals surface area contributed by atoms with Gasteiger partial charge in [0, 0.05) is 30.9 Å². The molecule has 26 heavy (non-hydrogen) atoms. The van der Waals surface area contributed by atoms with Gasteiger partial charge in [-0.25, -0.2) is 4.68 Å². The van der Waals surface area contributed by atoms with Crippen molar-refractivity contribution in [3.63, 3.8) is 0 Å². The van der Waals surface area contributed by atoms with Crippen molar-refractivity contribution in [3.8, 4) is 5.69 Å². The van der Waals surface area contributed by atoms with E-state index in [1.54, 1.807) is 59.2 Å². The zero-order valence-corrected chi connectivity index (χ0v) is 15.7. The Morgan fingerprint density at radius 3 is 2.23 bits per heavy atom. The highest BCUT2D eigenvalue weighted by atomic mass is 79.9. The second-order valence-electron chi connectivity index (χ2n) is 5.87. The van der Waals surface area contributed by atoms with E-state index in [1.165, 1.54) is 0 Å². The normalized spacial score (nSPS) is 10.5. The summed E-state index contributed by atoms with van der Waals surface area (Å²) < 4.78 is 2.61. The fraction of sp³-hybridized carbons (Fsp3) is 0.105. The number of amides is 2. The number of halogens is 1. The summed E-state index contributed by atoms with van der Waals surface area (Å²) in [4.78, 5) is 25.3. The van der Waals surface area contributed by atoms with Crippen LogP contribution in [0, 0.1) is 0 Å². The van der Waals surface area contributed by atoms with Gasteiger partial charge in [-0.1, -0.05) is 12.1 Å². The molecule has 7 heteroatoms. The lowest BCUT2D eigenvalue weighted by Gasteiger charge is -2.17. The number of carbonyl (C=O) groups is 2. The summed E-state index contributed by atoms with van der Waals surface area (Å²) in [6.45, 7) is 0.436. The number of rotatable bonds is 5. The van der Waals surface area contributed by atoms with Crippen molar-refractivity contribution in [1.29, 1.82) is 0 Å². The first kappa shape index (κ1) is 17.9. The highest BCUT2D eigenvalue weighted by Crippen LogP contribution is 2.15. The van der Waals surface area contributed by atoms with Crippen LogP contribution in [0.2, 0.25) is 0 Å². The van der Waals surface area contributed by atoms with E-state index in [4.69, 9.17) is 5.73 Å². The Balaban J connectivity index is 1.69. The van der Waals surface area contributed by atoms with Gasteiger partial charge in [0.15, 0.2) is 0 Å². The molecule has 0 aliphatic heterocycles. The maximum atomic E-state index is 12.6. The van der Waals surface area contributed by atoms with E-state index in [2.05, 4.69) is 21.0 Å². The molecule has 0 atom stereocenters. The number of hydrogen-bond acceptors (Lipinski definition) is 3. The van der Waals surface area contributed by atoms with E-state index in [0.717, 1.165) is 15.7 Å². The van der Waals surface area contributed by atoms with Crippen molar-refractivity contribution in [2.24, 2.45) is 5.73 Å². The van der Waals surface area contributed by atoms with Crippen LogP contribution < -0.4 is 5.73 Å². The van der Waals surface area contributed by atoms with Crippen LogP contribution in [0.5, 0.6) is 0 Å². The monoisotopic (exact) mass is 412 g/mol. The molecule has 0 radical (unpaired) electrons. The molecule has 6 nitrogen and oxygen atoms in total. The summed E-state index contributed by atoms with van der Waals surface area (Å²) >= 11 is 3.36. The van der Waals surface area contributed by atoms with Crippen LogP contribution in [-0.4, -0.2) is 33.5 Å². The lowest BCUT2D eigenvalue weighted by molar-refractivity contribution is 0.0784. The number of benzene rings is 2. The maximum absolute atomic E-state index is 12.6. The van der Waals surface area contributed by atoms with Crippen molar-refractivity contribution in [3.05, 3.63) is 82.1 Å². The molecule has 2 amide bonds. The van der Waals surface area contributed by atoms with E-state index >= 15 is 0 Å². The zero-order valence-electron chi connectivity index (χ0n) is 14.1. The number of aromatic nitrogens is 2. The molecule has 132 valence electrons. The predicted octanol–water partition coefficient (Wildman–Crippen LogP) is 3.01. The van der Waals surface area contributed by atoms with Gasteiger partial charge in [-0.3, -0.25) is 9.59 Å². The molecule has 0 unspecified atom stereocenters. The van der Waals surface area contributed by atoms with Gasteiger partial charge < -0.3 is 10.6 Å². The smallest absolute Gasteiger partial charge is 0.253 e. The van der Waals surface area contributed by atoms with Crippen LogP contribution in [0.1, 0.15) is 26.3 Å². The summed E-state index contributed by atoms with van der Waals surface area (Å²) in [7, 11) is 1.74. The predicted molar refractivity (Wildman–Crippen MR) is 102 cm³/mol. The first-order valence-electron chi connectivity index (χ1n) is 7.89. The van der Waals surface area contributed by atoms with Gasteiger partial charge in [0.05, 0.1) is 16.4 Å². The van der Waals surface area contributed by atoms with Gasteiger partial charge >= 0.3 is 0 Å². The van der Waals surface area contributed by atoms with Crippen LogP contribution in [0.15, 0.2) is 65.4 Å². The molecule has 0 aliphatic carbocycles. The van der Waals surface area contributed by atoms with Crippen LogP contribution >= 0.6 is 15.9 Å². The van der Waals surface area contributed by atoms with Crippen molar-refractivity contribution in [1.82, 2.24) is 14.7 Å². The minimum absolute atomic E-state index is 0.0860. The van der Waals surface area contributed by atoms with E-state index in [-0.39, 0.29) is 5.91 Å². The fourth-order valence-electron chi connectivity index (χ4n) is 2.54. The lowest BCUT2D eigenvalue weighted by atomic mass is 10.1. The third-order valence-electron chi connectivity index (χ3n) is 3.93. The number of primary amides is 1. The summed E-state index contributed by atoms with van der Waals surface area (Å²) in [5, 5.41) is 4.21. The largest absolute Gasteiger partial charge is 0.366 e. The van der Waals surface area contributed by atoms with E-state index in [0.29, 0.717) is 17.7 Å². The Morgan fingerprint density at radius 1 is 1.08 bits per heavy atom. The van der Waals surface area contributed by atoms with Crippen LogP contribution in [-0.2, 0) is 6.54 Å². The second-order valence-corrected chi connectivity index (χ2v) is 6.79. The number of nitrogens with zero attached hydrogens (tertiary/aromatic N) is 3. The SMILES string of the molecule is CN(Cc1ccc(C(N)=O)cc1)C(=O)c1ccc(-n2cc(Br)cn2)cc1. The molecule has 0 fully saturated rings. The molecule has 3 rings (SSSR count). The zero-order chi connectivity index (χ0) is 18.7. The quantitative estimate of drug-likeness (QED) is 0.698. The van der Waals surface area contributed by atoms with Crippen LogP contribution in [0.3, 0.4) is 0 Å². The Hall–Kier alpha value is -2.93. The Morgan fingerprint density at radius 2 is 1.69 bits per heavy atom. The summed E-state index contributed by atoms with van der Waals surface area (Å²) in [5.41, 5.74) is 8.07. The Labute approximate surface area is 159 Å². The molecular weight excluding hydrogens is 396 g/mol. The molecule has 0 bridgehead atoms. The van der Waals surface area contributed by atoms with E-state index in [9.17, 15) is 9.59 Å². The van der Waals surface area contributed by atoms with Gasteiger partial charge in [0.25, 0.3) is 5.91 Å². The lowest BCUT2D eigenvalue weighted by Crippen LogP contribution is -2.26. The van der Waals surface area contributed by atoms with Gasteiger partial charge in [-0.05, 0) is 57.9 Å². The Bertz CT molecular complexity index is 933. The van der Waals surface area contributed by atoms with Crippen LogP contribution in [0.25, 0.3) is 5.69 Å². The minimum atomic E-state index is -0.467. The summed E-state index contributed by atoms with van der Waals surface area (Å²) in [6.07, 6.45) is 3.55. The summed E-state index contributed by atoms with van der Waals surface area (Å²) in [5.74, 6) is -0.553. The molecule has 3 aromatic rings. The van der Waals surface area contributed by atoms with Crippen molar-refractivity contribution >= 4 is 27.7 Å². The molecule has 0 saturated heterocycles. The van der Waals surface area contributed by atoms with Gasteiger partial charge in [0.1, 0.15) is 0 Å². The highest BCUT2D eigenvalue weighted by molar-refractivity contribution is 9.10. The summed E-state index contributed by atoms with van der Waals surface area (Å²) in [6, 6.07) is 14.2.